The van der Waals surface area contributed by atoms with Gasteiger partial charge in [0.1, 0.15) is 24.1 Å². The largest absolute Gasteiger partial charge is 0.387 e. The van der Waals surface area contributed by atoms with Crippen molar-refractivity contribution in [3.8, 4) is 0 Å². The number of anilines is 1. The van der Waals surface area contributed by atoms with Crippen LogP contribution >= 0.6 is 26.8 Å². The molecule has 2 fully saturated rings. The number of aromatic nitrogens is 4. The summed E-state index contributed by atoms with van der Waals surface area (Å²) in [7, 11) is -9.55. The van der Waals surface area contributed by atoms with Gasteiger partial charge in [-0.3, -0.25) is 13.7 Å². The van der Waals surface area contributed by atoms with Gasteiger partial charge in [-0.1, -0.05) is 12.1 Å². The predicted octanol–water partition coefficient (Wildman–Crippen LogP) is 1.18. The van der Waals surface area contributed by atoms with E-state index in [1.165, 1.54) is 17.0 Å². The van der Waals surface area contributed by atoms with E-state index in [0.717, 1.165) is 17.5 Å². The molecule has 1 aromatic carbocycles. The number of nitrogens with zero attached hydrogens (tertiary/aromatic N) is 5. The smallest absolute Gasteiger partial charge is 0.340 e. The summed E-state index contributed by atoms with van der Waals surface area (Å²) in [5.74, 6) is -1.16. The molecule has 0 amide bonds. The van der Waals surface area contributed by atoms with E-state index in [1.54, 1.807) is 6.07 Å². The molecular formula is C22H25ClFN5O9P2. The van der Waals surface area contributed by atoms with Crippen molar-refractivity contribution in [1.29, 1.82) is 0 Å². The van der Waals surface area contributed by atoms with Gasteiger partial charge in [-0.05, 0) is 41.6 Å². The molecule has 0 saturated carbocycles. The lowest BCUT2D eigenvalue weighted by Crippen LogP contribution is -2.57. The average molecular weight is 620 g/mol. The quantitative estimate of drug-likeness (QED) is 0.187. The number of aliphatic hydroxyl groups excluding tert-OH is 2. The highest BCUT2D eigenvalue weighted by Crippen LogP contribution is 2.55. The summed E-state index contributed by atoms with van der Waals surface area (Å²) in [6, 6.07) is 5.11. The Morgan fingerprint density at radius 1 is 1.15 bits per heavy atom. The molecule has 216 valence electrons. The van der Waals surface area contributed by atoms with Gasteiger partial charge in [0, 0.05) is 18.5 Å². The fraction of sp³-hybridized carbons (Fsp3) is 0.500. The Bertz CT molecular complexity index is 1580. The Morgan fingerprint density at radius 3 is 2.60 bits per heavy atom. The maximum absolute atomic E-state index is 14.3. The molecule has 2 aliphatic heterocycles. The second-order valence-corrected chi connectivity index (χ2v) is 14.8. The minimum atomic E-state index is -4.85. The molecule has 6 rings (SSSR count). The Labute approximate surface area is 231 Å². The standard InChI is InChI=1S/C22H25ClFN5O9P2/c23-21-26-18(28-7-22(8-28)4-11-2-1-3-13(24)12(11)5-22)15-19(27-21)29(9-25-15)20-17(31)16(30)14(38-20)6-37-40(35,36)10-39(32,33)34/h1-3,9,14,16-17,20,30-31H,4-8,10H2,(H,35,36)(H2,32,33,34)/t14-,16?,17+,20-/m1/s1. The van der Waals surface area contributed by atoms with E-state index < -0.39 is 52.2 Å². The third-order valence-corrected chi connectivity index (χ3v) is 11.1. The molecule has 2 unspecified atom stereocenters. The number of imidazole rings is 1. The van der Waals surface area contributed by atoms with Crippen molar-refractivity contribution in [3.63, 3.8) is 0 Å². The molecule has 3 aromatic rings. The molecule has 1 spiro atoms. The van der Waals surface area contributed by atoms with Crippen molar-refractivity contribution in [2.75, 3.05) is 30.5 Å². The molecule has 18 heteroatoms. The molecule has 5 atom stereocenters. The molecule has 1 aliphatic carbocycles. The minimum absolute atomic E-state index is 0.0995. The van der Waals surface area contributed by atoms with Gasteiger partial charge >= 0.3 is 15.2 Å². The van der Waals surface area contributed by atoms with Gasteiger partial charge in [0.25, 0.3) is 0 Å². The Hall–Kier alpha value is -2.03. The molecule has 3 aliphatic rings. The van der Waals surface area contributed by atoms with Gasteiger partial charge in [-0.15, -0.1) is 0 Å². The first-order valence-electron chi connectivity index (χ1n) is 12.2. The number of fused-ring (bicyclic) bond motifs is 2. The Morgan fingerprint density at radius 2 is 1.90 bits per heavy atom. The predicted molar refractivity (Wildman–Crippen MR) is 137 cm³/mol. The van der Waals surface area contributed by atoms with Crippen LogP contribution in [0.4, 0.5) is 10.2 Å². The summed E-state index contributed by atoms with van der Waals surface area (Å²) in [6.45, 7) is 0.453. The number of aliphatic hydroxyl groups is 2. The maximum atomic E-state index is 14.3. The average Bonchev–Trinajstić information content (AvgIpc) is 3.50. The Balaban J connectivity index is 1.20. The van der Waals surface area contributed by atoms with Crippen LogP contribution in [-0.2, 0) is 31.2 Å². The number of ether oxygens (including phenoxy) is 1. The van der Waals surface area contributed by atoms with Gasteiger partial charge in [0.15, 0.2) is 29.1 Å². The lowest BCUT2D eigenvalue weighted by atomic mass is 9.77. The van der Waals surface area contributed by atoms with Gasteiger partial charge < -0.3 is 39.1 Å². The van der Waals surface area contributed by atoms with Crippen LogP contribution in [0.15, 0.2) is 24.5 Å². The summed E-state index contributed by atoms with van der Waals surface area (Å²) in [5.41, 5.74) is 2.15. The highest BCUT2D eigenvalue weighted by molar-refractivity contribution is 7.70. The van der Waals surface area contributed by atoms with Gasteiger partial charge in [0.2, 0.25) is 5.28 Å². The molecule has 4 heterocycles. The van der Waals surface area contributed by atoms with Crippen LogP contribution in [0.3, 0.4) is 0 Å². The van der Waals surface area contributed by atoms with Crippen LogP contribution < -0.4 is 4.90 Å². The van der Waals surface area contributed by atoms with Crippen molar-refractivity contribution in [2.45, 2.75) is 37.4 Å². The third-order valence-electron chi connectivity index (χ3n) is 7.48. The molecule has 40 heavy (non-hydrogen) atoms. The summed E-state index contributed by atoms with van der Waals surface area (Å²) >= 11 is 6.24. The molecule has 14 nitrogen and oxygen atoms in total. The second kappa shape index (κ2) is 9.77. The Kier molecular flexibility index (Phi) is 6.87. The van der Waals surface area contributed by atoms with Crippen LogP contribution in [0.2, 0.25) is 5.28 Å². The van der Waals surface area contributed by atoms with E-state index >= 15 is 0 Å². The van der Waals surface area contributed by atoms with E-state index in [0.29, 0.717) is 30.8 Å². The first-order valence-corrected chi connectivity index (χ1v) is 16.1. The lowest BCUT2D eigenvalue weighted by Gasteiger charge is -2.49. The highest BCUT2D eigenvalue weighted by Gasteiger charge is 2.49. The third kappa shape index (κ3) is 5.09. The van der Waals surface area contributed by atoms with Crippen LogP contribution in [-0.4, -0.2) is 88.3 Å². The molecular weight excluding hydrogens is 595 g/mol. The van der Waals surface area contributed by atoms with E-state index in [9.17, 15) is 28.6 Å². The molecule has 5 N–H and O–H groups in total. The summed E-state index contributed by atoms with van der Waals surface area (Å²) < 4.78 is 49.1. The highest BCUT2D eigenvalue weighted by atomic mass is 35.5. The fourth-order valence-electron chi connectivity index (χ4n) is 5.79. The second-order valence-electron chi connectivity index (χ2n) is 10.5. The first-order chi connectivity index (χ1) is 18.7. The SMILES string of the molecule is O=P(O)(O)CP(=O)(O)OC[C@H]1O[C@@H](n2cnc3c(N4CC5(Cc6cccc(F)c6C5)C4)nc(Cl)nc32)[C@@H](O)C1O. The van der Waals surface area contributed by atoms with Gasteiger partial charge in [-0.25, -0.2) is 9.37 Å². The van der Waals surface area contributed by atoms with Gasteiger partial charge in [-0.2, -0.15) is 9.97 Å². The van der Waals surface area contributed by atoms with Crippen molar-refractivity contribution in [1.82, 2.24) is 19.5 Å². The maximum Gasteiger partial charge on any atom is 0.340 e. The minimum Gasteiger partial charge on any atom is -0.387 e. The van der Waals surface area contributed by atoms with E-state index in [2.05, 4.69) is 15.0 Å². The molecule has 2 aromatic heterocycles. The van der Waals surface area contributed by atoms with E-state index in [-0.39, 0.29) is 22.2 Å². The van der Waals surface area contributed by atoms with E-state index in [4.69, 9.17) is 30.6 Å². The van der Waals surface area contributed by atoms with Crippen LogP contribution in [0.5, 0.6) is 0 Å². The van der Waals surface area contributed by atoms with Crippen molar-refractivity contribution in [3.05, 3.63) is 46.8 Å². The van der Waals surface area contributed by atoms with Crippen molar-refractivity contribution in [2.24, 2.45) is 5.41 Å². The number of benzene rings is 1. The molecule has 0 radical (unpaired) electrons. The monoisotopic (exact) mass is 619 g/mol. The number of hydrogen-bond acceptors (Lipinski definition) is 10. The van der Waals surface area contributed by atoms with Crippen LogP contribution in [0.1, 0.15) is 17.4 Å². The zero-order chi connectivity index (χ0) is 28.6. The number of rotatable bonds is 7. The summed E-state index contributed by atoms with van der Waals surface area (Å²) in [4.78, 5) is 42.5. The zero-order valence-electron chi connectivity index (χ0n) is 20.6. The molecule has 2 saturated heterocycles. The van der Waals surface area contributed by atoms with E-state index in [1.807, 2.05) is 11.0 Å². The summed E-state index contributed by atoms with van der Waals surface area (Å²) in [5, 5.41) is 21.1. The van der Waals surface area contributed by atoms with Crippen molar-refractivity contribution >= 4 is 43.8 Å². The topological polar surface area (TPSA) is 201 Å². The zero-order valence-corrected chi connectivity index (χ0v) is 23.2. The van der Waals surface area contributed by atoms with Crippen LogP contribution in [0.25, 0.3) is 11.2 Å². The first kappa shape index (κ1) is 28.1. The number of hydrogen-bond donors (Lipinski definition) is 5. The molecule has 0 bridgehead atoms. The van der Waals surface area contributed by atoms with Gasteiger partial charge in [0.05, 0.1) is 12.9 Å². The number of halogens is 2. The van der Waals surface area contributed by atoms with Crippen molar-refractivity contribution < 1.29 is 47.7 Å². The fourth-order valence-corrected chi connectivity index (χ4v) is 8.52. The lowest BCUT2D eigenvalue weighted by molar-refractivity contribution is -0.0483. The normalized spacial score (nSPS) is 27.2. The van der Waals surface area contributed by atoms with Crippen LogP contribution in [0, 0.1) is 11.2 Å². The summed E-state index contributed by atoms with van der Waals surface area (Å²) in [6.07, 6.45) is -3.00.